The monoisotopic (exact) mass is 370 g/mol. The van der Waals surface area contributed by atoms with Crippen molar-refractivity contribution in [2.45, 2.75) is 26.7 Å². The number of hydrogen-bond donors (Lipinski definition) is 1. The summed E-state index contributed by atoms with van der Waals surface area (Å²) in [5.41, 5.74) is 3.04. The van der Waals surface area contributed by atoms with Gasteiger partial charge in [0.25, 0.3) is 5.91 Å². The van der Waals surface area contributed by atoms with Crippen LogP contribution in [0.25, 0.3) is 0 Å². The van der Waals surface area contributed by atoms with Crippen molar-refractivity contribution >= 4 is 11.6 Å². The highest BCUT2D eigenvalue weighted by Crippen LogP contribution is 2.28. The largest absolute Gasteiger partial charge is 0.490 e. The topological polar surface area (TPSA) is 50.8 Å². The number of nitrogens with zero attached hydrogens (tertiary/aromatic N) is 1. The summed E-state index contributed by atoms with van der Waals surface area (Å²) < 4.78 is 11.1. The van der Waals surface area contributed by atoms with Crippen LogP contribution < -0.4 is 19.7 Å². The molecule has 1 N–H and O–H groups in total. The predicted octanol–water partition coefficient (Wildman–Crippen LogP) is 3.91. The summed E-state index contributed by atoms with van der Waals surface area (Å²) in [6.07, 6.45) is 1.82. The van der Waals surface area contributed by atoms with Crippen molar-refractivity contribution in [3.8, 4) is 11.5 Å². The van der Waals surface area contributed by atoms with Crippen LogP contribution in [-0.4, -0.2) is 39.8 Å². The Hall–Kier alpha value is -2.69. The van der Waals surface area contributed by atoms with Crippen LogP contribution in [0.4, 0.5) is 5.69 Å². The molecule has 5 nitrogen and oxygen atoms in total. The molecular weight excluding hydrogens is 340 g/mol. The molecule has 0 saturated carbocycles. The van der Waals surface area contributed by atoms with Gasteiger partial charge in [0, 0.05) is 31.9 Å². The summed E-state index contributed by atoms with van der Waals surface area (Å²) in [6, 6.07) is 13.8. The molecule has 0 spiro atoms. The minimum absolute atomic E-state index is 0.0954. The van der Waals surface area contributed by atoms with Crippen molar-refractivity contribution in [1.29, 1.82) is 0 Å². The fourth-order valence-corrected chi connectivity index (χ4v) is 2.75. The first-order valence-corrected chi connectivity index (χ1v) is 9.49. The van der Waals surface area contributed by atoms with Gasteiger partial charge in [-0.3, -0.25) is 4.79 Å². The maximum Gasteiger partial charge on any atom is 0.251 e. The highest BCUT2D eigenvalue weighted by atomic mass is 16.5. The fourth-order valence-electron chi connectivity index (χ4n) is 2.75. The van der Waals surface area contributed by atoms with E-state index in [4.69, 9.17) is 9.47 Å². The van der Waals surface area contributed by atoms with Gasteiger partial charge in [0.1, 0.15) is 0 Å². The lowest BCUT2D eigenvalue weighted by Gasteiger charge is -2.13. The molecule has 0 heterocycles. The molecule has 2 rings (SSSR count). The van der Waals surface area contributed by atoms with Crippen LogP contribution in [0.15, 0.2) is 42.5 Å². The van der Waals surface area contributed by atoms with Crippen LogP contribution in [0.2, 0.25) is 0 Å². The van der Waals surface area contributed by atoms with E-state index in [0.717, 1.165) is 12.8 Å². The van der Waals surface area contributed by atoms with Crippen LogP contribution in [0.5, 0.6) is 11.5 Å². The van der Waals surface area contributed by atoms with Crippen LogP contribution in [0.1, 0.15) is 36.2 Å². The molecule has 2 aromatic carbocycles. The summed E-state index contributed by atoms with van der Waals surface area (Å²) in [6.45, 7) is 5.54. The molecule has 0 fully saturated rings. The lowest BCUT2D eigenvalue weighted by molar-refractivity contribution is 0.0952. The zero-order valence-electron chi connectivity index (χ0n) is 16.7. The molecule has 0 bridgehead atoms. The maximum atomic E-state index is 12.4. The standard InChI is InChI=1S/C22H30N2O3/c1-5-26-20-14-11-18(16-21(20)27-6-2)22(25)23-15-7-8-17-9-12-19(13-10-17)24(3)4/h9-14,16H,5-8,15H2,1-4H3,(H,23,25). The lowest BCUT2D eigenvalue weighted by Crippen LogP contribution is -2.24. The van der Waals surface area contributed by atoms with Gasteiger partial charge in [-0.05, 0) is 62.6 Å². The highest BCUT2D eigenvalue weighted by Gasteiger charge is 2.11. The van der Waals surface area contributed by atoms with Crippen molar-refractivity contribution in [1.82, 2.24) is 5.32 Å². The molecule has 0 unspecified atom stereocenters. The van der Waals surface area contributed by atoms with Gasteiger partial charge >= 0.3 is 0 Å². The summed E-state index contributed by atoms with van der Waals surface area (Å²) in [4.78, 5) is 14.5. The SMILES string of the molecule is CCOc1ccc(C(=O)NCCCc2ccc(N(C)C)cc2)cc1OCC. The molecule has 0 aromatic heterocycles. The van der Waals surface area contributed by atoms with Gasteiger partial charge in [0.05, 0.1) is 13.2 Å². The van der Waals surface area contributed by atoms with E-state index in [-0.39, 0.29) is 5.91 Å². The molecule has 27 heavy (non-hydrogen) atoms. The smallest absolute Gasteiger partial charge is 0.251 e. The Morgan fingerprint density at radius 2 is 1.63 bits per heavy atom. The van der Waals surface area contributed by atoms with Gasteiger partial charge in [-0.25, -0.2) is 0 Å². The van der Waals surface area contributed by atoms with E-state index in [1.165, 1.54) is 11.3 Å². The van der Waals surface area contributed by atoms with Gasteiger partial charge < -0.3 is 19.7 Å². The van der Waals surface area contributed by atoms with Crippen LogP contribution >= 0.6 is 0 Å². The second-order valence-electron chi connectivity index (χ2n) is 6.45. The van der Waals surface area contributed by atoms with Crippen molar-refractivity contribution in [2.24, 2.45) is 0 Å². The first-order chi connectivity index (χ1) is 13.0. The van der Waals surface area contributed by atoms with Crippen molar-refractivity contribution in [2.75, 3.05) is 38.8 Å². The first-order valence-electron chi connectivity index (χ1n) is 9.49. The zero-order chi connectivity index (χ0) is 19.6. The Bertz CT molecular complexity index is 727. The Labute approximate surface area is 162 Å². The number of anilines is 1. The normalized spacial score (nSPS) is 10.4. The molecule has 0 saturated heterocycles. The molecule has 0 radical (unpaired) electrons. The van der Waals surface area contributed by atoms with Gasteiger partial charge in [-0.2, -0.15) is 0 Å². The molecule has 146 valence electrons. The van der Waals surface area contributed by atoms with Crippen LogP contribution in [0, 0.1) is 0 Å². The molecule has 2 aromatic rings. The second kappa shape index (κ2) is 10.5. The average molecular weight is 370 g/mol. The summed E-state index contributed by atoms with van der Waals surface area (Å²) >= 11 is 0. The molecule has 1 amide bonds. The third kappa shape index (κ3) is 6.20. The Morgan fingerprint density at radius 1 is 0.963 bits per heavy atom. The number of carbonyl (C=O) groups is 1. The quantitative estimate of drug-likeness (QED) is 0.644. The van der Waals surface area contributed by atoms with Crippen LogP contribution in [-0.2, 0) is 6.42 Å². The highest BCUT2D eigenvalue weighted by molar-refractivity contribution is 5.94. The third-order valence-electron chi connectivity index (χ3n) is 4.19. The fraction of sp³-hybridized carbons (Fsp3) is 0.409. The van der Waals surface area contributed by atoms with E-state index in [2.05, 4.69) is 34.5 Å². The van der Waals surface area contributed by atoms with Crippen molar-refractivity contribution in [3.05, 3.63) is 53.6 Å². The first kappa shape index (κ1) is 20.6. The molecular formula is C22H30N2O3. The second-order valence-corrected chi connectivity index (χ2v) is 6.45. The summed E-state index contributed by atoms with van der Waals surface area (Å²) in [5, 5.41) is 2.98. The van der Waals surface area contributed by atoms with Crippen molar-refractivity contribution < 1.29 is 14.3 Å². The molecule has 0 atom stereocenters. The van der Waals surface area contributed by atoms with Gasteiger partial charge in [-0.1, -0.05) is 12.1 Å². The molecule has 5 heteroatoms. The minimum atomic E-state index is -0.0954. The van der Waals surface area contributed by atoms with Gasteiger partial charge in [-0.15, -0.1) is 0 Å². The number of benzene rings is 2. The number of rotatable bonds is 10. The van der Waals surface area contributed by atoms with E-state index in [0.29, 0.717) is 36.8 Å². The number of aryl methyl sites for hydroxylation is 1. The van der Waals surface area contributed by atoms with E-state index in [1.807, 2.05) is 27.9 Å². The molecule has 0 aliphatic rings. The summed E-state index contributed by atoms with van der Waals surface area (Å²) in [7, 11) is 4.06. The van der Waals surface area contributed by atoms with Crippen LogP contribution in [0.3, 0.4) is 0 Å². The summed E-state index contributed by atoms with van der Waals surface area (Å²) in [5.74, 6) is 1.17. The Kier molecular flexibility index (Phi) is 7.99. The van der Waals surface area contributed by atoms with E-state index in [1.54, 1.807) is 18.2 Å². The Morgan fingerprint density at radius 3 is 2.26 bits per heavy atom. The number of amides is 1. The van der Waals surface area contributed by atoms with Gasteiger partial charge in [0.15, 0.2) is 11.5 Å². The van der Waals surface area contributed by atoms with Crippen molar-refractivity contribution in [3.63, 3.8) is 0 Å². The lowest BCUT2D eigenvalue weighted by atomic mass is 10.1. The average Bonchev–Trinajstić information content (AvgIpc) is 2.67. The third-order valence-corrected chi connectivity index (χ3v) is 4.19. The number of nitrogens with one attached hydrogen (secondary N) is 1. The number of ether oxygens (including phenoxy) is 2. The van der Waals surface area contributed by atoms with E-state index < -0.39 is 0 Å². The Balaban J connectivity index is 1.85. The zero-order valence-corrected chi connectivity index (χ0v) is 16.7. The predicted molar refractivity (Wildman–Crippen MR) is 110 cm³/mol. The maximum absolute atomic E-state index is 12.4. The molecule has 0 aliphatic carbocycles. The number of hydrogen-bond acceptors (Lipinski definition) is 4. The molecule has 0 aliphatic heterocycles. The van der Waals surface area contributed by atoms with Gasteiger partial charge in [0.2, 0.25) is 0 Å². The number of carbonyl (C=O) groups excluding carboxylic acids is 1. The van der Waals surface area contributed by atoms with E-state index >= 15 is 0 Å². The minimum Gasteiger partial charge on any atom is -0.490 e. The van der Waals surface area contributed by atoms with E-state index in [9.17, 15) is 4.79 Å².